The molecule has 1 aromatic rings. The van der Waals surface area contributed by atoms with Crippen molar-refractivity contribution in [1.82, 2.24) is 0 Å². The standard InChI is InChI=1S/C16H24NO3/c1-3-4-10-20-11-9-12(2)15(18)16(19)13-5-7-14(17)8-6-13/h5-8,12,15,18H,1,3-4,9-11,17H2,2H3. The van der Waals surface area contributed by atoms with Gasteiger partial charge >= 0.3 is 0 Å². The maximum absolute atomic E-state index is 12.1. The van der Waals surface area contributed by atoms with Gasteiger partial charge in [-0.15, -0.1) is 0 Å². The van der Waals surface area contributed by atoms with Crippen LogP contribution in [0.4, 0.5) is 5.69 Å². The van der Waals surface area contributed by atoms with Gasteiger partial charge < -0.3 is 15.6 Å². The largest absolute Gasteiger partial charge is 0.399 e. The van der Waals surface area contributed by atoms with Crippen molar-refractivity contribution in [3.63, 3.8) is 0 Å². The van der Waals surface area contributed by atoms with Crippen molar-refractivity contribution in [2.75, 3.05) is 18.9 Å². The molecule has 0 saturated heterocycles. The van der Waals surface area contributed by atoms with Crippen LogP contribution in [-0.4, -0.2) is 30.2 Å². The van der Waals surface area contributed by atoms with Crippen LogP contribution < -0.4 is 5.73 Å². The minimum atomic E-state index is -1.00. The lowest BCUT2D eigenvalue weighted by Gasteiger charge is -2.17. The molecule has 0 amide bonds. The summed E-state index contributed by atoms with van der Waals surface area (Å²) in [6.45, 7) is 6.82. The summed E-state index contributed by atoms with van der Waals surface area (Å²) in [4.78, 5) is 12.1. The summed E-state index contributed by atoms with van der Waals surface area (Å²) in [6.07, 6.45) is 1.43. The van der Waals surface area contributed by atoms with Gasteiger partial charge in [-0.25, -0.2) is 0 Å². The van der Waals surface area contributed by atoms with E-state index in [2.05, 4.69) is 6.92 Å². The summed E-state index contributed by atoms with van der Waals surface area (Å²) in [5.74, 6) is -0.407. The van der Waals surface area contributed by atoms with Crippen molar-refractivity contribution in [1.29, 1.82) is 0 Å². The lowest BCUT2D eigenvalue weighted by atomic mass is 9.94. The molecular weight excluding hydrogens is 254 g/mol. The summed E-state index contributed by atoms with van der Waals surface area (Å²) in [5.41, 5.74) is 6.66. The second kappa shape index (κ2) is 8.72. The van der Waals surface area contributed by atoms with Crippen LogP contribution in [0.15, 0.2) is 24.3 Å². The normalized spacial score (nSPS) is 13.9. The molecule has 2 atom stereocenters. The van der Waals surface area contributed by atoms with Crippen molar-refractivity contribution in [3.8, 4) is 0 Å². The molecule has 4 nitrogen and oxygen atoms in total. The Morgan fingerprint density at radius 2 is 2.00 bits per heavy atom. The quantitative estimate of drug-likeness (QED) is 0.413. The number of aliphatic hydroxyl groups excluding tert-OH is 1. The van der Waals surface area contributed by atoms with Crippen molar-refractivity contribution in [2.24, 2.45) is 5.92 Å². The molecule has 0 fully saturated rings. The molecule has 3 N–H and O–H groups in total. The van der Waals surface area contributed by atoms with E-state index in [4.69, 9.17) is 10.5 Å². The number of hydrogen-bond acceptors (Lipinski definition) is 4. The Balaban J connectivity index is 2.41. The number of carbonyl (C=O) groups excluding carboxylic acids is 1. The SMILES string of the molecule is [CH2]CCCOCCC(C)C(O)C(=O)c1ccc(N)cc1. The predicted octanol–water partition coefficient (Wildman–Crippen LogP) is 2.47. The van der Waals surface area contributed by atoms with E-state index < -0.39 is 6.10 Å². The molecular formula is C16H24NO3. The Labute approximate surface area is 120 Å². The highest BCUT2D eigenvalue weighted by atomic mass is 16.5. The van der Waals surface area contributed by atoms with Crippen LogP contribution in [0.1, 0.15) is 36.5 Å². The van der Waals surface area contributed by atoms with Gasteiger partial charge in [0.25, 0.3) is 0 Å². The average Bonchev–Trinajstić information content (AvgIpc) is 2.46. The summed E-state index contributed by atoms with van der Waals surface area (Å²) in [5, 5.41) is 10.1. The van der Waals surface area contributed by atoms with Gasteiger partial charge in [0.15, 0.2) is 5.78 Å². The molecule has 1 radical (unpaired) electrons. The molecule has 20 heavy (non-hydrogen) atoms. The molecule has 0 heterocycles. The van der Waals surface area contributed by atoms with Crippen molar-refractivity contribution < 1.29 is 14.6 Å². The maximum Gasteiger partial charge on any atom is 0.191 e. The number of Topliss-reactive ketones (excluding diaryl/α,β-unsaturated/α-hetero) is 1. The topological polar surface area (TPSA) is 72.5 Å². The number of nitrogens with two attached hydrogens (primary N) is 1. The molecule has 0 aliphatic heterocycles. The number of benzene rings is 1. The monoisotopic (exact) mass is 278 g/mol. The Bertz CT molecular complexity index is 403. The summed E-state index contributed by atoms with van der Waals surface area (Å²) >= 11 is 0. The van der Waals surface area contributed by atoms with Gasteiger partial charge in [-0.3, -0.25) is 4.79 Å². The lowest BCUT2D eigenvalue weighted by molar-refractivity contribution is 0.0522. The Kier molecular flexibility index (Phi) is 7.26. The van der Waals surface area contributed by atoms with E-state index in [1.54, 1.807) is 24.3 Å². The van der Waals surface area contributed by atoms with Crippen LogP contribution in [0.5, 0.6) is 0 Å². The van der Waals surface area contributed by atoms with E-state index in [1.807, 2.05) is 6.92 Å². The minimum Gasteiger partial charge on any atom is -0.399 e. The Morgan fingerprint density at radius 3 is 2.60 bits per heavy atom. The van der Waals surface area contributed by atoms with Gasteiger partial charge in [0.1, 0.15) is 6.10 Å². The molecule has 0 aliphatic rings. The number of ether oxygens (including phenoxy) is 1. The van der Waals surface area contributed by atoms with Gasteiger partial charge in [-0.1, -0.05) is 20.3 Å². The molecule has 0 aliphatic carbocycles. The van der Waals surface area contributed by atoms with Crippen LogP contribution >= 0.6 is 0 Å². The van der Waals surface area contributed by atoms with Crippen molar-refractivity contribution >= 4 is 11.5 Å². The highest BCUT2D eigenvalue weighted by Gasteiger charge is 2.23. The fourth-order valence-electron chi connectivity index (χ4n) is 1.81. The number of nitrogen functional groups attached to an aromatic ring is 1. The number of anilines is 1. The van der Waals surface area contributed by atoms with Crippen molar-refractivity contribution in [2.45, 2.75) is 32.3 Å². The highest BCUT2D eigenvalue weighted by Crippen LogP contribution is 2.15. The van der Waals surface area contributed by atoms with E-state index >= 15 is 0 Å². The van der Waals surface area contributed by atoms with Crippen LogP contribution in [0.2, 0.25) is 0 Å². The van der Waals surface area contributed by atoms with E-state index in [0.717, 1.165) is 12.8 Å². The van der Waals surface area contributed by atoms with Crippen molar-refractivity contribution in [3.05, 3.63) is 36.8 Å². The Morgan fingerprint density at radius 1 is 1.35 bits per heavy atom. The van der Waals surface area contributed by atoms with E-state index in [9.17, 15) is 9.90 Å². The second-order valence-corrected chi connectivity index (χ2v) is 5.02. The molecule has 0 saturated carbocycles. The van der Waals surface area contributed by atoms with Crippen LogP contribution in [0, 0.1) is 12.8 Å². The highest BCUT2D eigenvalue weighted by molar-refractivity contribution is 5.99. The molecule has 0 spiro atoms. The molecule has 1 rings (SSSR count). The van der Waals surface area contributed by atoms with Gasteiger partial charge in [0.2, 0.25) is 0 Å². The van der Waals surface area contributed by atoms with Crippen LogP contribution in [-0.2, 0) is 4.74 Å². The van der Waals surface area contributed by atoms with E-state index in [0.29, 0.717) is 30.9 Å². The first-order valence-corrected chi connectivity index (χ1v) is 7.01. The van der Waals surface area contributed by atoms with Gasteiger partial charge in [-0.2, -0.15) is 0 Å². The fraction of sp³-hybridized carbons (Fsp3) is 0.500. The summed E-state index contributed by atoms with van der Waals surface area (Å²) in [7, 11) is 0. The number of unbranched alkanes of at least 4 members (excludes halogenated alkanes) is 1. The van der Waals surface area contributed by atoms with Gasteiger partial charge in [0, 0.05) is 24.5 Å². The van der Waals surface area contributed by atoms with Gasteiger partial charge in [0.05, 0.1) is 0 Å². The second-order valence-electron chi connectivity index (χ2n) is 5.02. The Hall–Kier alpha value is -1.39. The van der Waals surface area contributed by atoms with Crippen LogP contribution in [0.25, 0.3) is 0 Å². The third-order valence-corrected chi connectivity index (χ3v) is 3.26. The van der Waals surface area contributed by atoms with Gasteiger partial charge in [-0.05, 0) is 43.0 Å². The zero-order chi connectivity index (χ0) is 15.0. The molecule has 1 aromatic carbocycles. The summed E-state index contributed by atoms with van der Waals surface area (Å²) < 4.78 is 5.42. The van der Waals surface area contributed by atoms with Crippen LogP contribution in [0.3, 0.4) is 0 Å². The third kappa shape index (κ3) is 5.31. The molecule has 0 aromatic heterocycles. The lowest BCUT2D eigenvalue weighted by Crippen LogP contribution is -2.28. The maximum atomic E-state index is 12.1. The summed E-state index contributed by atoms with van der Waals surface area (Å²) in [6, 6.07) is 6.59. The molecule has 111 valence electrons. The zero-order valence-corrected chi connectivity index (χ0v) is 12.0. The van der Waals surface area contributed by atoms with E-state index in [1.165, 1.54) is 0 Å². The first kappa shape index (κ1) is 16.7. The first-order valence-electron chi connectivity index (χ1n) is 7.01. The first-order chi connectivity index (χ1) is 9.56. The molecule has 0 bridgehead atoms. The number of aliphatic hydroxyl groups is 1. The number of hydrogen-bond donors (Lipinski definition) is 2. The number of ketones is 1. The zero-order valence-electron chi connectivity index (χ0n) is 12.0. The average molecular weight is 278 g/mol. The number of rotatable bonds is 9. The van der Waals surface area contributed by atoms with E-state index in [-0.39, 0.29) is 11.7 Å². The third-order valence-electron chi connectivity index (χ3n) is 3.26. The number of carbonyl (C=O) groups is 1. The molecule has 2 unspecified atom stereocenters. The molecule has 4 heteroatoms. The smallest absolute Gasteiger partial charge is 0.191 e. The predicted molar refractivity (Wildman–Crippen MR) is 80.4 cm³/mol. The minimum absolute atomic E-state index is 0.139. The fourth-order valence-corrected chi connectivity index (χ4v) is 1.81.